The Labute approximate surface area is 349 Å². The first kappa shape index (κ1) is 33.7. The maximum atomic E-state index is 17.9. The number of fused-ring (bicyclic) bond motifs is 4. The molecule has 0 unspecified atom stereocenters. The normalized spacial score (nSPS) is 24.8. The van der Waals surface area contributed by atoms with E-state index in [4.69, 9.17) is 17.2 Å². The first-order chi connectivity index (χ1) is 30.9. The fourth-order valence-electron chi connectivity index (χ4n) is 9.53. The van der Waals surface area contributed by atoms with E-state index in [2.05, 4.69) is 15.0 Å². The number of hydrogen-bond donors (Lipinski definition) is 0. The molecule has 10 rings (SSSR count). The van der Waals surface area contributed by atoms with Crippen molar-refractivity contribution in [1.82, 2.24) is 19.9 Å². The second-order valence-electron chi connectivity index (χ2n) is 16.0. The summed E-state index contributed by atoms with van der Waals surface area (Å²) < 4.78 is 110. The Bertz CT molecular complexity index is 2830. The van der Waals surface area contributed by atoms with Crippen LogP contribution in [0, 0.1) is 28.9 Å². The molecule has 4 aliphatic rings. The van der Waals surface area contributed by atoms with Crippen molar-refractivity contribution in [1.29, 1.82) is 5.26 Å². The topological polar surface area (TPSA) is 99.8 Å². The Morgan fingerprint density at radius 2 is 1.80 bits per heavy atom. The van der Waals surface area contributed by atoms with Crippen LogP contribution >= 0.6 is 0 Å². The molecule has 6 aromatic rings. The lowest BCUT2D eigenvalue weighted by molar-refractivity contribution is 0.107. The average Bonchev–Trinajstić information content (AvgIpc) is 3.64. The van der Waals surface area contributed by atoms with Gasteiger partial charge in [-0.2, -0.15) is 15.2 Å². The van der Waals surface area contributed by atoms with Crippen molar-refractivity contribution in [3.63, 3.8) is 0 Å². The molecular formula is C47H41F4N7O2. The molecule has 3 saturated heterocycles. The zero-order chi connectivity index (χ0) is 44.5. The van der Waals surface area contributed by atoms with Gasteiger partial charge in [-0.15, -0.1) is 0 Å². The van der Waals surface area contributed by atoms with E-state index in [-0.39, 0.29) is 63.3 Å². The number of pyridine rings is 1. The Morgan fingerprint density at radius 1 is 1.02 bits per heavy atom. The van der Waals surface area contributed by atoms with Gasteiger partial charge in [0.15, 0.2) is 5.82 Å². The number of benzene rings is 4. The number of halogens is 4. The molecule has 0 bridgehead atoms. The lowest BCUT2D eigenvalue weighted by Crippen LogP contribution is -2.43. The van der Waals surface area contributed by atoms with Crippen LogP contribution in [0.3, 0.4) is 0 Å². The van der Waals surface area contributed by atoms with Gasteiger partial charge in [-0.05, 0) is 55.8 Å². The van der Waals surface area contributed by atoms with Crippen molar-refractivity contribution in [2.45, 2.75) is 62.4 Å². The number of rotatable bonds is 9. The number of aromatic nitrogens is 3. The Balaban J connectivity index is 1.21. The van der Waals surface area contributed by atoms with Gasteiger partial charge in [0.2, 0.25) is 0 Å². The molecule has 5 heterocycles. The monoisotopic (exact) mass is 815 g/mol. The quantitative estimate of drug-likeness (QED) is 0.105. The molecule has 304 valence electrons. The molecule has 4 fully saturated rings. The largest absolute Gasteiger partial charge is 0.495 e. The SMILES string of the molecule is [2H]C([2H])Oc1c(C#N)c(F)cc2cc(N=C(c3ccccc3)c3ccccc3)cc(-c3ncc4c(N5CCCC[C@H]6[C@H](F)[C@H]65)nc(OC([2H])([2H])[C@@]56CCCN5C[C@H](F)C6)nc4c3F)c12. The van der Waals surface area contributed by atoms with Crippen LogP contribution < -0.4 is 14.4 Å². The number of anilines is 1. The Morgan fingerprint density at radius 3 is 2.55 bits per heavy atom. The fraction of sp³-hybridized carbons (Fsp3) is 0.340. The lowest BCUT2D eigenvalue weighted by Gasteiger charge is -2.31. The molecule has 0 N–H and O–H groups in total. The Hall–Kier alpha value is -6.13. The molecule has 0 radical (unpaired) electrons. The van der Waals surface area contributed by atoms with Gasteiger partial charge in [-0.1, -0.05) is 67.1 Å². The zero-order valence-corrected chi connectivity index (χ0v) is 32.3. The van der Waals surface area contributed by atoms with Gasteiger partial charge >= 0.3 is 6.01 Å². The molecule has 2 aromatic heterocycles. The predicted octanol–water partition coefficient (Wildman–Crippen LogP) is 9.45. The maximum absolute atomic E-state index is 17.9. The molecule has 60 heavy (non-hydrogen) atoms. The minimum absolute atomic E-state index is 0.0359. The smallest absolute Gasteiger partial charge is 0.319 e. The van der Waals surface area contributed by atoms with Gasteiger partial charge in [0.1, 0.15) is 59.1 Å². The highest BCUT2D eigenvalue weighted by Gasteiger charge is 2.56. The summed E-state index contributed by atoms with van der Waals surface area (Å²) in [5.74, 6) is -2.71. The summed E-state index contributed by atoms with van der Waals surface area (Å²) in [6.45, 7) is -1.64. The van der Waals surface area contributed by atoms with Crippen molar-refractivity contribution in [2.75, 3.05) is 38.2 Å². The summed E-state index contributed by atoms with van der Waals surface area (Å²) in [5, 5.41) is 10.3. The van der Waals surface area contributed by atoms with E-state index in [1.165, 1.54) is 18.3 Å². The molecule has 1 aliphatic carbocycles. The van der Waals surface area contributed by atoms with Crippen LogP contribution in [0.25, 0.3) is 32.9 Å². The van der Waals surface area contributed by atoms with Crippen LogP contribution in [0.2, 0.25) is 0 Å². The third-order valence-electron chi connectivity index (χ3n) is 12.4. The van der Waals surface area contributed by atoms with Crippen molar-refractivity contribution < 1.29 is 32.5 Å². The van der Waals surface area contributed by atoms with E-state index < -0.39 is 66.5 Å². The molecular weight excluding hydrogens is 771 g/mol. The highest BCUT2D eigenvalue weighted by atomic mass is 19.1. The second kappa shape index (κ2) is 15.2. The van der Waals surface area contributed by atoms with Gasteiger partial charge in [0.05, 0.1) is 40.9 Å². The third kappa shape index (κ3) is 6.48. The minimum atomic E-state index is -2.53. The number of aliphatic imine (C=N–C) groups is 1. The molecule has 0 spiro atoms. The highest BCUT2D eigenvalue weighted by Crippen LogP contribution is 2.49. The summed E-state index contributed by atoms with van der Waals surface area (Å²) >= 11 is 0. The summed E-state index contributed by atoms with van der Waals surface area (Å²) in [6, 6.07) is 23.4. The van der Waals surface area contributed by atoms with E-state index in [1.54, 1.807) is 15.9 Å². The van der Waals surface area contributed by atoms with Crippen LogP contribution in [0.1, 0.15) is 60.7 Å². The number of nitrogens with zero attached hydrogens (tertiary/aromatic N) is 7. The summed E-state index contributed by atoms with van der Waals surface area (Å²) in [7, 11) is -2.02. The fourth-order valence-corrected chi connectivity index (χ4v) is 9.53. The molecule has 9 nitrogen and oxygen atoms in total. The first-order valence-electron chi connectivity index (χ1n) is 22.3. The van der Waals surface area contributed by atoms with Crippen molar-refractivity contribution in [3.05, 3.63) is 113 Å². The summed E-state index contributed by atoms with van der Waals surface area (Å²) in [6.07, 6.45) is 1.82. The number of ether oxygens (including phenoxy) is 2. The van der Waals surface area contributed by atoms with Crippen LogP contribution in [-0.2, 0) is 0 Å². The molecule has 13 heteroatoms. The molecule has 0 amide bonds. The van der Waals surface area contributed by atoms with E-state index >= 15 is 13.2 Å². The van der Waals surface area contributed by atoms with E-state index in [9.17, 15) is 12.4 Å². The van der Waals surface area contributed by atoms with E-state index in [0.717, 1.165) is 23.6 Å². The number of nitriles is 1. The van der Waals surface area contributed by atoms with Gasteiger partial charge in [0.25, 0.3) is 0 Å². The molecule has 4 aromatic carbocycles. The standard InChI is InChI=1S/C47H41F4N7O2/c1-59-44-34(23-52)36(49)20-29-19-31(54-40(27-11-4-2-5-12-27)28-13-6-3-7-14-28)21-33(37(29)44)41-39(51)42-35(24-53-41)45(58-18-9-8-15-32-38(50)43(32)58)56-46(55-42)60-26-47-16-10-17-57(47)25-30(48)22-47/h2-7,11-14,19-21,24,30,32,38,43H,8-10,15-18,22,25-26H2,1H3/t30-,32+,38+,43+,47+/m1/s1/i1D2,26D2. The number of alkyl halides is 2. The second-order valence-corrected chi connectivity index (χ2v) is 16.0. The van der Waals surface area contributed by atoms with E-state index in [1.807, 2.05) is 60.7 Å². The maximum Gasteiger partial charge on any atom is 0.319 e. The van der Waals surface area contributed by atoms with Crippen molar-refractivity contribution >= 4 is 38.9 Å². The van der Waals surface area contributed by atoms with E-state index in [0.29, 0.717) is 44.5 Å². The van der Waals surface area contributed by atoms with Crippen molar-refractivity contribution in [3.8, 4) is 29.1 Å². The van der Waals surface area contributed by atoms with Crippen LogP contribution in [0.15, 0.2) is 90.1 Å². The van der Waals surface area contributed by atoms with Crippen LogP contribution in [-0.4, -0.2) is 82.7 Å². The van der Waals surface area contributed by atoms with Gasteiger partial charge < -0.3 is 14.4 Å². The lowest BCUT2D eigenvalue weighted by atomic mass is 9.95. The van der Waals surface area contributed by atoms with Crippen molar-refractivity contribution in [2.24, 2.45) is 10.9 Å². The first-order valence-corrected chi connectivity index (χ1v) is 20.1. The zero-order valence-electron chi connectivity index (χ0n) is 36.3. The molecule has 5 atom stereocenters. The summed E-state index contributed by atoms with van der Waals surface area (Å²) in [4.78, 5) is 22.3. The molecule has 1 saturated carbocycles. The third-order valence-corrected chi connectivity index (χ3v) is 12.4. The Kier molecular flexibility index (Phi) is 8.51. The van der Waals surface area contributed by atoms with Gasteiger partial charge in [-0.3, -0.25) is 9.88 Å². The van der Waals surface area contributed by atoms with Gasteiger partial charge in [0, 0.05) is 53.7 Å². The molecule has 3 aliphatic heterocycles. The number of hydrogen-bond acceptors (Lipinski definition) is 9. The average molecular weight is 816 g/mol. The highest BCUT2D eigenvalue weighted by molar-refractivity contribution is 6.14. The van der Waals surface area contributed by atoms with Crippen LogP contribution in [0.4, 0.5) is 29.1 Å². The van der Waals surface area contributed by atoms with Gasteiger partial charge in [-0.25, -0.2) is 22.6 Å². The minimum Gasteiger partial charge on any atom is -0.495 e. The number of methoxy groups -OCH3 is 1. The summed E-state index contributed by atoms with van der Waals surface area (Å²) in [5.41, 5.74) is -0.490. The predicted molar refractivity (Wildman–Crippen MR) is 222 cm³/mol. The van der Waals surface area contributed by atoms with Crippen LogP contribution in [0.5, 0.6) is 11.8 Å².